The van der Waals surface area contributed by atoms with Crippen molar-refractivity contribution in [2.45, 2.75) is 47.0 Å². The minimum absolute atomic E-state index is 0.150. The first-order valence-electron chi connectivity index (χ1n) is 5.72. The fourth-order valence-corrected chi connectivity index (χ4v) is 1.31. The molecule has 0 aliphatic heterocycles. The van der Waals surface area contributed by atoms with Crippen molar-refractivity contribution in [3.8, 4) is 0 Å². The molecule has 2 heteroatoms. The van der Waals surface area contributed by atoms with Gasteiger partial charge in [-0.3, -0.25) is 4.79 Å². The van der Waals surface area contributed by atoms with Crippen LogP contribution in [0.2, 0.25) is 0 Å². The van der Waals surface area contributed by atoms with Crippen molar-refractivity contribution in [2.75, 3.05) is 13.2 Å². The van der Waals surface area contributed by atoms with Crippen molar-refractivity contribution < 1.29 is 9.53 Å². The molecule has 0 bridgehead atoms. The van der Waals surface area contributed by atoms with Gasteiger partial charge in [-0.25, -0.2) is 0 Å². The summed E-state index contributed by atoms with van der Waals surface area (Å²) in [6.07, 6.45) is 3.27. The van der Waals surface area contributed by atoms with Gasteiger partial charge in [0.25, 0.3) is 0 Å². The molecule has 0 aromatic carbocycles. The molecule has 0 aliphatic carbocycles. The van der Waals surface area contributed by atoms with Crippen molar-refractivity contribution in [1.29, 1.82) is 0 Å². The minimum Gasteiger partial charge on any atom is -0.373 e. The van der Waals surface area contributed by atoms with Crippen molar-refractivity contribution in [1.82, 2.24) is 0 Å². The van der Waals surface area contributed by atoms with Crippen molar-refractivity contribution in [3.63, 3.8) is 0 Å². The van der Waals surface area contributed by atoms with E-state index in [9.17, 15) is 4.79 Å². The minimum atomic E-state index is 0.150. The summed E-state index contributed by atoms with van der Waals surface area (Å²) in [5, 5.41) is 0. The summed E-state index contributed by atoms with van der Waals surface area (Å²) in [5.41, 5.74) is 0. The zero-order valence-corrected chi connectivity index (χ0v) is 10.0. The molecule has 0 saturated heterocycles. The molecule has 0 heterocycles. The maximum absolute atomic E-state index is 11.4. The van der Waals surface area contributed by atoms with E-state index in [4.69, 9.17) is 4.74 Å². The van der Waals surface area contributed by atoms with E-state index >= 15 is 0 Å². The molecule has 0 amide bonds. The van der Waals surface area contributed by atoms with Crippen LogP contribution in [0.15, 0.2) is 0 Å². The monoisotopic (exact) mass is 200 g/mol. The van der Waals surface area contributed by atoms with Crippen molar-refractivity contribution in [2.24, 2.45) is 11.8 Å². The molecule has 0 rings (SSSR count). The predicted molar refractivity (Wildman–Crippen MR) is 59.4 cm³/mol. The Balaban J connectivity index is 3.48. The van der Waals surface area contributed by atoms with Crippen LogP contribution in [0.3, 0.4) is 0 Å². The highest BCUT2D eigenvalue weighted by molar-refractivity contribution is 5.81. The molecule has 0 spiro atoms. The van der Waals surface area contributed by atoms with E-state index in [0.29, 0.717) is 12.5 Å². The van der Waals surface area contributed by atoms with Crippen LogP contribution in [0.5, 0.6) is 0 Å². The molecule has 2 nitrogen and oxygen atoms in total. The highest BCUT2D eigenvalue weighted by atomic mass is 16.5. The molecular weight excluding hydrogens is 176 g/mol. The molecule has 0 N–H and O–H groups in total. The lowest BCUT2D eigenvalue weighted by molar-refractivity contribution is -0.127. The lowest BCUT2D eigenvalue weighted by Gasteiger charge is -2.12. The van der Waals surface area contributed by atoms with Gasteiger partial charge in [0, 0.05) is 12.5 Å². The number of ether oxygens (including phenoxy) is 1. The normalized spacial score (nSPS) is 15.1. The van der Waals surface area contributed by atoms with Crippen LogP contribution in [0.25, 0.3) is 0 Å². The third kappa shape index (κ3) is 6.14. The van der Waals surface area contributed by atoms with Gasteiger partial charge in [-0.15, -0.1) is 0 Å². The van der Waals surface area contributed by atoms with E-state index in [1.807, 2.05) is 13.8 Å². The van der Waals surface area contributed by atoms with Gasteiger partial charge < -0.3 is 4.74 Å². The zero-order chi connectivity index (χ0) is 11.0. The Bertz CT molecular complexity index is 154. The van der Waals surface area contributed by atoms with Gasteiger partial charge in [-0.05, 0) is 18.8 Å². The Hall–Kier alpha value is -0.370. The smallest absolute Gasteiger partial charge is 0.161 e. The topological polar surface area (TPSA) is 26.3 Å². The number of carbonyl (C=O) groups is 1. The summed E-state index contributed by atoms with van der Waals surface area (Å²) < 4.78 is 5.38. The number of Topliss-reactive ketones (excluding diaryl/α,β-unsaturated/α-hetero) is 1. The van der Waals surface area contributed by atoms with E-state index < -0.39 is 0 Å². The third-order valence-electron chi connectivity index (χ3n) is 2.59. The summed E-state index contributed by atoms with van der Waals surface area (Å²) >= 11 is 0. The first-order chi connectivity index (χ1) is 6.61. The van der Waals surface area contributed by atoms with E-state index in [-0.39, 0.29) is 11.7 Å². The number of hydrogen-bond donors (Lipinski definition) is 0. The number of carbonyl (C=O) groups excluding carboxylic acids is 1. The average molecular weight is 200 g/mol. The fourth-order valence-electron chi connectivity index (χ4n) is 1.31. The molecule has 0 fully saturated rings. The largest absolute Gasteiger partial charge is 0.373 e. The van der Waals surface area contributed by atoms with Crippen LogP contribution in [0, 0.1) is 11.8 Å². The molecular formula is C12H24O2. The summed E-state index contributed by atoms with van der Waals surface area (Å²) in [7, 11) is 0. The summed E-state index contributed by atoms with van der Waals surface area (Å²) in [4.78, 5) is 11.4. The lowest BCUT2D eigenvalue weighted by atomic mass is 10.0. The summed E-state index contributed by atoms with van der Waals surface area (Å²) in [6, 6.07) is 0. The molecule has 2 atom stereocenters. The molecule has 0 aromatic heterocycles. The molecule has 84 valence electrons. The van der Waals surface area contributed by atoms with E-state index in [0.717, 1.165) is 13.0 Å². The zero-order valence-electron chi connectivity index (χ0n) is 10.0. The van der Waals surface area contributed by atoms with Crippen LogP contribution in [-0.2, 0) is 9.53 Å². The number of hydrogen-bond acceptors (Lipinski definition) is 2. The van der Waals surface area contributed by atoms with Crippen molar-refractivity contribution in [3.05, 3.63) is 0 Å². The van der Waals surface area contributed by atoms with E-state index in [2.05, 4.69) is 13.8 Å². The van der Waals surface area contributed by atoms with E-state index in [1.165, 1.54) is 12.8 Å². The van der Waals surface area contributed by atoms with Gasteiger partial charge in [0.05, 0.1) is 0 Å². The Labute approximate surface area is 88.0 Å². The molecule has 0 radical (unpaired) electrons. The maximum Gasteiger partial charge on any atom is 0.161 e. The third-order valence-corrected chi connectivity index (χ3v) is 2.59. The van der Waals surface area contributed by atoms with Crippen molar-refractivity contribution >= 4 is 5.78 Å². The quantitative estimate of drug-likeness (QED) is 0.602. The summed E-state index contributed by atoms with van der Waals surface area (Å²) in [6.45, 7) is 9.33. The highest BCUT2D eigenvalue weighted by Gasteiger charge is 2.10. The Morgan fingerprint density at radius 2 is 1.93 bits per heavy atom. The maximum atomic E-state index is 11.4. The Morgan fingerprint density at radius 1 is 1.29 bits per heavy atom. The van der Waals surface area contributed by atoms with Gasteiger partial charge in [-0.1, -0.05) is 34.1 Å². The van der Waals surface area contributed by atoms with Gasteiger partial charge in [0.1, 0.15) is 6.61 Å². The van der Waals surface area contributed by atoms with Crippen LogP contribution >= 0.6 is 0 Å². The SMILES string of the molecule is CCCC(C)COCC(=O)C(C)CC. The molecule has 2 unspecified atom stereocenters. The molecule has 0 saturated carbocycles. The van der Waals surface area contributed by atoms with Crippen LogP contribution < -0.4 is 0 Å². The second-order valence-electron chi connectivity index (χ2n) is 4.18. The second-order valence-corrected chi connectivity index (χ2v) is 4.18. The van der Waals surface area contributed by atoms with Gasteiger partial charge in [0.15, 0.2) is 5.78 Å². The average Bonchev–Trinajstić information content (AvgIpc) is 2.16. The van der Waals surface area contributed by atoms with Crippen LogP contribution in [0.1, 0.15) is 47.0 Å². The first-order valence-corrected chi connectivity index (χ1v) is 5.72. The predicted octanol–water partition coefficient (Wildman–Crippen LogP) is 3.05. The van der Waals surface area contributed by atoms with Crippen LogP contribution in [0.4, 0.5) is 0 Å². The number of ketones is 1. The Morgan fingerprint density at radius 3 is 2.43 bits per heavy atom. The van der Waals surface area contributed by atoms with E-state index in [1.54, 1.807) is 0 Å². The number of rotatable bonds is 8. The van der Waals surface area contributed by atoms with Crippen LogP contribution in [-0.4, -0.2) is 19.0 Å². The summed E-state index contributed by atoms with van der Waals surface area (Å²) in [5.74, 6) is 0.956. The molecule has 0 aromatic rings. The Kier molecular flexibility index (Phi) is 7.77. The first kappa shape index (κ1) is 13.6. The van der Waals surface area contributed by atoms with Gasteiger partial charge in [-0.2, -0.15) is 0 Å². The van der Waals surface area contributed by atoms with Gasteiger partial charge in [0.2, 0.25) is 0 Å². The lowest BCUT2D eigenvalue weighted by Crippen LogP contribution is -2.18. The standard InChI is InChI=1S/C12H24O2/c1-5-7-10(3)8-14-9-12(13)11(4)6-2/h10-11H,5-9H2,1-4H3. The molecule has 14 heavy (non-hydrogen) atoms. The van der Waals surface area contributed by atoms with Gasteiger partial charge >= 0.3 is 0 Å². The highest BCUT2D eigenvalue weighted by Crippen LogP contribution is 2.06. The second kappa shape index (κ2) is 7.98. The molecule has 0 aliphatic rings. The fraction of sp³-hybridized carbons (Fsp3) is 0.917.